The van der Waals surface area contributed by atoms with E-state index in [4.69, 9.17) is 16.7 Å². The van der Waals surface area contributed by atoms with E-state index in [1.54, 1.807) is 30.5 Å². The molecule has 4 nitrogen and oxygen atoms in total. The Balaban J connectivity index is 3.05. The summed E-state index contributed by atoms with van der Waals surface area (Å²) < 4.78 is 0. The minimum absolute atomic E-state index is 0.185. The van der Waals surface area contributed by atoms with Crippen molar-refractivity contribution in [2.75, 3.05) is 5.73 Å². The third-order valence-corrected chi connectivity index (χ3v) is 1.35. The van der Waals surface area contributed by atoms with Crippen LogP contribution in [-0.4, -0.2) is 5.84 Å². The minimum atomic E-state index is 0.185. The Kier molecular flexibility index (Phi) is 2.29. The second kappa shape index (κ2) is 3.39. The van der Waals surface area contributed by atoms with Crippen LogP contribution >= 0.6 is 0 Å². The van der Waals surface area contributed by atoms with Crippen molar-refractivity contribution in [2.24, 2.45) is 10.7 Å². The standard InChI is InChI=1S/C8H8N4/c9-5-12-8(11)6-2-1-3-7(10)4-6/h1-4H,10H2,(H2,11,12). The van der Waals surface area contributed by atoms with Crippen molar-refractivity contribution in [3.63, 3.8) is 0 Å². The van der Waals surface area contributed by atoms with Gasteiger partial charge in [0, 0.05) is 11.3 Å². The van der Waals surface area contributed by atoms with E-state index < -0.39 is 0 Å². The second-order valence-corrected chi connectivity index (χ2v) is 2.22. The molecule has 0 aliphatic heterocycles. The number of rotatable bonds is 1. The van der Waals surface area contributed by atoms with Crippen LogP contribution in [0.15, 0.2) is 29.3 Å². The van der Waals surface area contributed by atoms with Crippen LogP contribution in [0.1, 0.15) is 5.56 Å². The van der Waals surface area contributed by atoms with Crippen molar-refractivity contribution in [3.8, 4) is 6.19 Å². The van der Waals surface area contributed by atoms with Gasteiger partial charge >= 0.3 is 0 Å². The smallest absolute Gasteiger partial charge is 0.207 e. The van der Waals surface area contributed by atoms with Gasteiger partial charge in [0.2, 0.25) is 6.19 Å². The lowest BCUT2D eigenvalue weighted by Gasteiger charge is -1.98. The van der Waals surface area contributed by atoms with E-state index in [0.717, 1.165) is 0 Å². The molecule has 0 bridgehead atoms. The van der Waals surface area contributed by atoms with Crippen LogP contribution < -0.4 is 11.5 Å². The number of nitriles is 1. The van der Waals surface area contributed by atoms with Gasteiger partial charge in [-0.15, -0.1) is 0 Å². The van der Waals surface area contributed by atoms with Crippen molar-refractivity contribution in [1.82, 2.24) is 0 Å². The number of hydrogen-bond donors (Lipinski definition) is 2. The van der Waals surface area contributed by atoms with Gasteiger partial charge in [-0.05, 0) is 12.1 Å². The van der Waals surface area contributed by atoms with Crippen molar-refractivity contribution in [3.05, 3.63) is 29.8 Å². The average molecular weight is 160 g/mol. The SMILES string of the molecule is N#CN=C(N)c1cccc(N)c1. The number of benzene rings is 1. The van der Waals surface area contributed by atoms with Crippen LogP contribution in [0.4, 0.5) is 5.69 Å². The van der Waals surface area contributed by atoms with E-state index in [9.17, 15) is 0 Å². The fourth-order valence-corrected chi connectivity index (χ4v) is 0.816. The summed E-state index contributed by atoms with van der Waals surface area (Å²) in [7, 11) is 0. The molecule has 0 aliphatic rings. The first-order chi connectivity index (χ1) is 5.74. The van der Waals surface area contributed by atoms with Crippen LogP contribution in [0.2, 0.25) is 0 Å². The number of nitrogens with zero attached hydrogens (tertiary/aromatic N) is 2. The zero-order valence-corrected chi connectivity index (χ0v) is 6.36. The van der Waals surface area contributed by atoms with Crippen molar-refractivity contribution in [1.29, 1.82) is 5.26 Å². The molecule has 12 heavy (non-hydrogen) atoms. The third-order valence-electron chi connectivity index (χ3n) is 1.35. The summed E-state index contributed by atoms with van der Waals surface area (Å²) in [5.74, 6) is 0.185. The van der Waals surface area contributed by atoms with Gasteiger partial charge in [-0.25, -0.2) is 0 Å². The van der Waals surface area contributed by atoms with E-state index in [1.165, 1.54) is 0 Å². The number of amidine groups is 1. The van der Waals surface area contributed by atoms with Gasteiger partial charge in [0.05, 0.1) is 0 Å². The molecule has 0 aromatic heterocycles. The van der Waals surface area contributed by atoms with Crippen LogP contribution in [0, 0.1) is 11.5 Å². The van der Waals surface area contributed by atoms with Gasteiger partial charge < -0.3 is 11.5 Å². The highest BCUT2D eigenvalue weighted by Crippen LogP contribution is 2.05. The van der Waals surface area contributed by atoms with Crippen LogP contribution in [0.25, 0.3) is 0 Å². The van der Waals surface area contributed by atoms with Gasteiger partial charge in [-0.2, -0.15) is 10.3 Å². The molecule has 0 atom stereocenters. The lowest BCUT2D eigenvalue weighted by molar-refractivity contribution is 1.41. The monoisotopic (exact) mass is 160 g/mol. The third kappa shape index (κ3) is 1.73. The predicted octanol–water partition coefficient (Wildman–Crippen LogP) is 0.455. The van der Waals surface area contributed by atoms with Crippen molar-refractivity contribution in [2.45, 2.75) is 0 Å². The minimum Gasteiger partial charge on any atom is -0.399 e. The maximum Gasteiger partial charge on any atom is 0.207 e. The van der Waals surface area contributed by atoms with Gasteiger partial charge in [0.1, 0.15) is 5.84 Å². The van der Waals surface area contributed by atoms with Crippen molar-refractivity contribution >= 4 is 11.5 Å². The molecule has 1 rings (SSSR count). The fraction of sp³-hybridized carbons (Fsp3) is 0. The lowest BCUT2D eigenvalue weighted by Crippen LogP contribution is -2.12. The summed E-state index contributed by atoms with van der Waals surface area (Å²) in [6, 6.07) is 6.90. The summed E-state index contributed by atoms with van der Waals surface area (Å²) in [6.07, 6.45) is 1.61. The lowest BCUT2D eigenvalue weighted by atomic mass is 10.2. The molecule has 60 valence electrons. The molecule has 0 fully saturated rings. The molecule has 0 saturated heterocycles. The van der Waals surface area contributed by atoms with Gasteiger partial charge in [0.15, 0.2) is 0 Å². The summed E-state index contributed by atoms with van der Waals surface area (Å²) in [6.45, 7) is 0. The van der Waals surface area contributed by atoms with E-state index in [-0.39, 0.29) is 5.84 Å². The highest BCUT2D eigenvalue weighted by atomic mass is 14.8. The molecular weight excluding hydrogens is 152 g/mol. The summed E-state index contributed by atoms with van der Waals surface area (Å²) in [5.41, 5.74) is 12.2. The molecule has 0 heterocycles. The first-order valence-corrected chi connectivity index (χ1v) is 3.32. The molecule has 0 amide bonds. The zero-order valence-electron chi connectivity index (χ0n) is 6.36. The fourth-order valence-electron chi connectivity index (χ4n) is 0.816. The number of nitrogen functional groups attached to an aromatic ring is 1. The molecule has 4 heteroatoms. The highest BCUT2D eigenvalue weighted by molar-refractivity contribution is 5.98. The van der Waals surface area contributed by atoms with E-state index >= 15 is 0 Å². The summed E-state index contributed by atoms with van der Waals surface area (Å²) >= 11 is 0. The molecule has 4 N–H and O–H groups in total. The first kappa shape index (κ1) is 8.08. The number of hydrogen-bond acceptors (Lipinski definition) is 3. The molecule has 1 aromatic rings. The topological polar surface area (TPSA) is 88.2 Å². The van der Waals surface area contributed by atoms with Gasteiger partial charge in [-0.3, -0.25) is 0 Å². The summed E-state index contributed by atoms with van der Waals surface area (Å²) in [4.78, 5) is 3.38. The molecule has 1 aromatic carbocycles. The first-order valence-electron chi connectivity index (χ1n) is 3.32. The Morgan fingerprint density at radius 1 is 1.50 bits per heavy atom. The van der Waals surface area contributed by atoms with Crippen LogP contribution in [0.3, 0.4) is 0 Å². The Morgan fingerprint density at radius 3 is 2.83 bits per heavy atom. The molecule has 0 unspecified atom stereocenters. The molecule has 0 saturated carbocycles. The molecular formula is C8H8N4. The van der Waals surface area contributed by atoms with E-state index in [0.29, 0.717) is 11.3 Å². The zero-order chi connectivity index (χ0) is 8.97. The molecule has 0 aliphatic carbocycles. The predicted molar refractivity (Wildman–Crippen MR) is 47.2 cm³/mol. The van der Waals surface area contributed by atoms with Gasteiger partial charge in [0.25, 0.3) is 0 Å². The maximum absolute atomic E-state index is 8.22. The van der Waals surface area contributed by atoms with E-state index in [2.05, 4.69) is 4.99 Å². The van der Waals surface area contributed by atoms with E-state index in [1.807, 2.05) is 0 Å². The Labute approximate surface area is 70.1 Å². The highest BCUT2D eigenvalue weighted by Gasteiger charge is 1.96. The Hall–Kier alpha value is -2.02. The Bertz CT molecular complexity index is 348. The average Bonchev–Trinajstić information content (AvgIpc) is 2.05. The van der Waals surface area contributed by atoms with Crippen molar-refractivity contribution < 1.29 is 0 Å². The van der Waals surface area contributed by atoms with Gasteiger partial charge in [-0.1, -0.05) is 12.1 Å². The number of aliphatic imine (C=N–C) groups is 1. The maximum atomic E-state index is 8.22. The molecule has 0 radical (unpaired) electrons. The Morgan fingerprint density at radius 2 is 2.25 bits per heavy atom. The second-order valence-electron chi connectivity index (χ2n) is 2.22. The van der Waals surface area contributed by atoms with Crippen LogP contribution in [0.5, 0.6) is 0 Å². The quantitative estimate of drug-likeness (QED) is 0.270. The van der Waals surface area contributed by atoms with Crippen LogP contribution in [-0.2, 0) is 0 Å². The number of anilines is 1. The molecule has 0 spiro atoms. The normalized spacial score (nSPS) is 10.8. The number of nitrogens with two attached hydrogens (primary N) is 2. The summed E-state index contributed by atoms with van der Waals surface area (Å²) in [5, 5.41) is 8.22. The largest absolute Gasteiger partial charge is 0.399 e.